The molecule has 5 atom stereocenters. The third-order valence-corrected chi connectivity index (χ3v) is 8.75. The van der Waals surface area contributed by atoms with Crippen molar-refractivity contribution in [2.45, 2.75) is 69.2 Å². The van der Waals surface area contributed by atoms with E-state index in [1.54, 1.807) is 0 Å². The second kappa shape index (κ2) is 6.26. The van der Waals surface area contributed by atoms with Gasteiger partial charge in [-0.15, -0.1) is 24.8 Å². The maximum absolute atomic E-state index is 8.19. The van der Waals surface area contributed by atoms with Gasteiger partial charge in [0.15, 0.2) is 0 Å². The summed E-state index contributed by atoms with van der Waals surface area (Å²) in [6, 6.07) is 6.32. The summed E-state index contributed by atoms with van der Waals surface area (Å²) in [7, 11) is 0. The standard InChI is InChI=1S/C26H31ClN2/c1-9-24(3,4)22-21-19-15(12-11-13-17(19)29-22)25(5,6)16-14-18(27)26(7,10-2)23(28-8)20(16)21/h9-13,16,18,20,23,29H,1-2,14H2,3-7H3. The lowest BCUT2D eigenvalue weighted by molar-refractivity contribution is 0.123. The SMILES string of the molecule is [C-]#[N+]C1C2c3c(C(C)(C)C=C)[nH]c4cccc(c34)C(C)(C)C2CC(Cl)C1(C)C=C. The van der Waals surface area contributed by atoms with E-state index in [-0.39, 0.29) is 28.2 Å². The molecule has 2 nitrogen and oxygen atoms in total. The summed E-state index contributed by atoms with van der Waals surface area (Å²) in [5.74, 6) is 0.406. The summed E-state index contributed by atoms with van der Waals surface area (Å²) < 4.78 is 0. The molecule has 1 heterocycles. The maximum atomic E-state index is 8.19. The summed E-state index contributed by atoms with van der Waals surface area (Å²) in [6.07, 6.45) is 4.82. The number of H-pyrrole nitrogens is 1. The first kappa shape index (κ1) is 20.3. The Kier molecular flexibility index (Phi) is 4.38. The topological polar surface area (TPSA) is 20.1 Å². The van der Waals surface area contributed by atoms with Crippen LogP contribution in [0, 0.1) is 17.9 Å². The molecule has 152 valence electrons. The van der Waals surface area contributed by atoms with Gasteiger partial charge in [0, 0.05) is 22.0 Å². The molecule has 0 radical (unpaired) electrons. The number of benzene rings is 1. The normalized spacial score (nSPS) is 33.0. The average molecular weight is 407 g/mol. The molecule has 2 aliphatic carbocycles. The van der Waals surface area contributed by atoms with Gasteiger partial charge in [-0.1, -0.05) is 52.0 Å². The molecular weight excluding hydrogens is 376 g/mol. The van der Waals surface area contributed by atoms with E-state index in [2.05, 4.69) is 75.8 Å². The van der Waals surface area contributed by atoms with Crippen molar-refractivity contribution >= 4 is 22.5 Å². The van der Waals surface area contributed by atoms with Crippen LogP contribution in [0.3, 0.4) is 0 Å². The maximum Gasteiger partial charge on any atom is 0.240 e. The molecule has 1 N–H and O–H groups in total. The van der Waals surface area contributed by atoms with E-state index >= 15 is 0 Å². The number of aromatic amines is 1. The molecule has 0 bridgehead atoms. The predicted molar refractivity (Wildman–Crippen MR) is 124 cm³/mol. The minimum atomic E-state index is -0.425. The number of rotatable bonds is 3. The number of fused-ring (bicyclic) bond motifs is 2. The van der Waals surface area contributed by atoms with Gasteiger partial charge in [-0.2, -0.15) is 0 Å². The smallest absolute Gasteiger partial charge is 0.240 e. The fourth-order valence-corrected chi connectivity index (χ4v) is 6.35. The fourth-order valence-electron chi connectivity index (χ4n) is 5.94. The van der Waals surface area contributed by atoms with Crippen molar-refractivity contribution in [2.24, 2.45) is 11.3 Å². The molecule has 2 aliphatic rings. The molecule has 3 heteroatoms. The van der Waals surface area contributed by atoms with E-state index in [4.69, 9.17) is 18.2 Å². The average Bonchev–Trinajstić information content (AvgIpc) is 3.08. The Morgan fingerprint density at radius 2 is 1.97 bits per heavy atom. The molecule has 1 saturated carbocycles. The second-order valence-electron chi connectivity index (χ2n) is 10.3. The fraction of sp³-hybridized carbons (Fsp3) is 0.500. The summed E-state index contributed by atoms with van der Waals surface area (Å²) >= 11 is 6.97. The lowest BCUT2D eigenvalue weighted by atomic mass is 9.50. The molecular formula is C26H31ClN2. The molecule has 1 aromatic carbocycles. The van der Waals surface area contributed by atoms with Gasteiger partial charge in [-0.25, -0.2) is 6.57 Å². The number of halogens is 1. The number of hydrogen-bond donors (Lipinski definition) is 1. The van der Waals surface area contributed by atoms with Crippen LogP contribution in [0.1, 0.15) is 63.8 Å². The zero-order valence-corrected chi connectivity index (χ0v) is 18.9. The predicted octanol–water partition coefficient (Wildman–Crippen LogP) is 7.11. The summed E-state index contributed by atoms with van der Waals surface area (Å²) in [4.78, 5) is 7.94. The van der Waals surface area contributed by atoms with Crippen LogP contribution in [0.25, 0.3) is 15.7 Å². The van der Waals surface area contributed by atoms with Crippen molar-refractivity contribution in [3.63, 3.8) is 0 Å². The Bertz CT molecular complexity index is 1050. The highest BCUT2D eigenvalue weighted by Crippen LogP contribution is 2.62. The number of nitrogens with one attached hydrogen (secondary N) is 1. The largest absolute Gasteiger partial charge is 0.357 e. The highest BCUT2D eigenvalue weighted by atomic mass is 35.5. The zero-order chi connectivity index (χ0) is 21.4. The first-order valence-electron chi connectivity index (χ1n) is 10.5. The van der Waals surface area contributed by atoms with Gasteiger partial charge >= 0.3 is 0 Å². The van der Waals surface area contributed by atoms with Crippen LogP contribution < -0.4 is 0 Å². The minimum absolute atomic E-state index is 0.0620. The van der Waals surface area contributed by atoms with Gasteiger partial charge in [0.05, 0.1) is 16.7 Å². The lowest BCUT2D eigenvalue weighted by Crippen LogP contribution is -2.54. The van der Waals surface area contributed by atoms with Crippen LogP contribution in [-0.2, 0) is 10.8 Å². The van der Waals surface area contributed by atoms with Gasteiger partial charge in [0.2, 0.25) is 6.04 Å². The number of allylic oxidation sites excluding steroid dienone is 1. The van der Waals surface area contributed by atoms with Crippen molar-refractivity contribution in [1.29, 1.82) is 0 Å². The van der Waals surface area contributed by atoms with Crippen molar-refractivity contribution in [1.82, 2.24) is 4.98 Å². The Labute approximate surface area is 179 Å². The summed E-state index contributed by atoms with van der Waals surface area (Å²) in [5.41, 5.74) is 4.32. The zero-order valence-electron chi connectivity index (χ0n) is 18.1. The van der Waals surface area contributed by atoms with Gasteiger partial charge in [0.25, 0.3) is 0 Å². The number of aromatic nitrogens is 1. The number of alkyl halides is 1. The van der Waals surface area contributed by atoms with Gasteiger partial charge in [-0.3, -0.25) is 0 Å². The van der Waals surface area contributed by atoms with E-state index in [0.717, 1.165) is 11.9 Å². The highest BCUT2D eigenvalue weighted by Gasteiger charge is 2.61. The molecule has 29 heavy (non-hydrogen) atoms. The lowest BCUT2D eigenvalue weighted by Gasteiger charge is -2.53. The van der Waals surface area contributed by atoms with Crippen molar-refractivity contribution in [3.05, 3.63) is 71.7 Å². The van der Waals surface area contributed by atoms with Crippen LogP contribution in [0.15, 0.2) is 43.5 Å². The first-order chi connectivity index (χ1) is 13.5. The summed E-state index contributed by atoms with van der Waals surface area (Å²) in [6.45, 7) is 27.6. The van der Waals surface area contributed by atoms with Crippen LogP contribution in [0.2, 0.25) is 0 Å². The molecule has 1 fully saturated rings. The Hall–Kier alpha value is -1.98. The molecule has 0 saturated heterocycles. The van der Waals surface area contributed by atoms with Crippen molar-refractivity contribution in [2.75, 3.05) is 0 Å². The van der Waals surface area contributed by atoms with Crippen LogP contribution >= 0.6 is 11.6 Å². The molecule has 2 aromatic rings. The number of hydrogen-bond acceptors (Lipinski definition) is 0. The molecule has 0 aliphatic heterocycles. The Balaban J connectivity index is 2.13. The third-order valence-electron chi connectivity index (χ3n) is 8.10. The van der Waals surface area contributed by atoms with Crippen LogP contribution in [0.4, 0.5) is 0 Å². The van der Waals surface area contributed by atoms with Crippen LogP contribution in [0.5, 0.6) is 0 Å². The van der Waals surface area contributed by atoms with Gasteiger partial charge < -0.3 is 9.83 Å². The molecule has 0 spiro atoms. The number of nitrogens with zero attached hydrogens (tertiary/aromatic N) is 1. The van der Waals surface area contributed by atoms with E-state index < -0.39 is 5.41 Å². The van der Waals surface area contributed by atoms with Gasteiger partial charge in [0.1, 0.15) is 0 Å². The van der Waals surface area contributed by atoms with E-state index in [0.29, 0.717) is 5.92 Å². The minimum Gasteiger partial charge on any atom is -0.357 e. The van der Waals surface area contributed by atoms with E-state index in [1.807, 2.05) is 12.2 Å². The monoisotopic (exact) mass is 406 g/mol. The first-order valence-corrected chi connectivity index (χ1v) is 10.9. The Morgan fingerprint density at radius 3 is 2.55 bits per heavy atom. The highest BCUT2D eigenvalue weighted by molar-refractivity contribution is 6.21. The second-order valence-corrected chi connectivity index (χ2v) is 10.8. The van der Waals surface area contributed by atoms with Crippen molar-refractivity contribution < 1.29 is 0 Å². The quantitative estimate of drug-likeness (QED) is 0.318. The Morgan fingerprint density at radius 1 is 1.28 bits per heavy atom. The molecule has 5 unspecified atom stereocenters. The van der Waals surface area contributed by atoms with E-state index in [9.17, 15) is 0 Å². The van der Waals surface area contributed by atoms with Crippen molar-refractivity contribution in [3.8, 4) is 0 Å². The third kappa shape index (κ3) is 2.47. The van der Waals surface area contributed by atoms with Gasteiger partial charge in [-0.05, 0) is 41.9 Å². The molecule has 0 amide bonds. The van der Waals surface area contributed by atoms with Crippen LogP contribution in [-0.4, -0.2) is 16.4 Å². The molecule has 4 rings (SSSR count). The molecule has 1 aromatic heterocycles. The summed E-state index contributed by atoms with van der Waals surface area (Å²) in [5, 5.41) is 1.20. The van der Waals surface area contributed by atoms with E-state index in [1.165, 1.54) is 22.2 Å².